The Labute approximate surface area is 146 Å². The smallest absolute Gasteiger partial charge is 0.144 e. The fraction of sp³-hybridized carbons (Fsp3) is 0.286. The van der Waals surface area contributed by atoms with Crippen molar-refractivity contribution < 1.29 is 8.78 Å². The minimum Gasteiger partial charge on any atom is -0.289 e. The lowest BCUT2D eigenvalue weighted by atomic mass is 9.93. The van der Waals surface area contributed by atoms with Gasteiger partial charge in [0.1, 0.15) is 23.3 Å². The van der Waals surface area contributed by atoms with Crippen molar-refractivity contribution in [1.29, 1.82) is 5.26 Å². The van der Waals surface area contributed by atoms with E-state index in [1.165, 1.54) is 17.7 Å². The van der Waals surface area contributed by atoms with E-state index < -0.39 is 17.2 Å². The van der Waals surface area contributed by atoms with Gasteiger partial charge in [0.25, 0.3) is 0 Å². The lowest BCUT2D eigenvalue weighted by Gasteiger charge is -2.34. The van der Waals surface area contributed by atoms with Crippen LogP contribution in [0.3, 0.4) is 0 Å². The first-order valence-corrected chi connectivity index (χ1v) is 8.55. The summed E-state index contributed by atoms with van der Waals surface area (Å²) in [4.78, 5) is 2.48. The van der Waals surface area contributed by atoms with Crippen LogP contribution in [0.15, 0.2) is 48.5 Å². The molecule has 2 aliphatic heterocycles. The number of halogens is 2. The molecule has 2 bridgehead atoms. The summed E-state index contributed by atoms with van der Waals surface area (Å²) in [5.41, 5.74) is 2.32. The molecule has 2 unspecified atom stereocenters. The summed E-state index contributed by atoms with van der Waals surface area (Å²) < 4.78 is 27.9. The molecule has 25 heavy (non-hydrogen) atoms. The second-order valence-corrected chi connectivity index (χ2v) is 6.78. The van der Waals surface area contributed by atoms with Crippen molar-refractivity contribution in [2.75, 3.05) is 0 Å². The average molecular weight is 336 g/mol. The van der Waals surface area contributed by atoms with Gasteiger partial charge < -0.3 is 0 Å². The zero-order valence-electron chi connectivity index (χ0n) is 13.8. The summed E-state index contributed by atoms with van der Waals surface area (Å²) in [6.07, 6.45) is 5.10. The Bertz CT molecular complexity index is 844. The highest BCUT2D eigenvalue weighted by Gasteiger charge is 2.36. The highest BCUT2D eigenvalue weighted by Crippen LogP contribution is 2.39. The third-order valence-corrected chi connectivity index (χ3v) is 5.27. The number of fused-ring (bicyclic) bond motifs is 2. The average Bonchev–Trinajstić information content (AvgIpc) is 2.84. The van der Waals surface area contributed by atoms with Gasteiger partial charge in [-0.25, -0.2) is 8.78 Å². The van der Waals surface area contributed by atoms with E-state index in [0.717, 1.165) is 31.4 Å². The fourth-order valence-electron chi connectivity index (χ4n) is 4.04. The summed E-state index contributed by atoms with van der Waals surface area (Å²) in [5, 5.41) is 8.82. The molecule has 0 amide bonds. The Balaban J connectivity index is 1.61. The molecule has 1 fully saturated rings. The van der Waals surface area contributed by atoms with E-state index in [0.29, 0.717) is 17.6 Å². The first-order chi connectivity index (χ1) is 12.2. The molecule has 4 rings (SSSR count). The van der Waals surface area contributed by atoms with Crippen molar-refractivity contribution in [1.82, 2.24) is 4.90 Å². The molecular formula is C21H18F2N2. The van der Waals surface area contributed by atoms with E-state index in [1.807, 2.05) is 18.2 Å². The molecule has 2 aromatic rings. The third-order valence-electron chi connectivity index (χ3n) is 5.27. The van der Waals surface area contributed by atoms with E-state index in [9.17, 15) is 8.78 Å². The molecule has 4 heteroatoms. The fourth-order valence-corrected chi connectivity index (χ4v) is 4.04. The summed E-state index contributed by atoms with van der Waals surface area (Å²) in [6, 6.07) is 15.2. The van der Waals surface area contributed by atoms with Crippen LogP contribution in [0.2, 0.25) is 0 Å². The lowest BCUT2D eigenvalue weighted by molar-refractivity contribution is 0.203. The highest BCUT2D eigenvalue weighted by atomic mass is 19.1. The van der Waals surface area contributed by atoms with Crippen LogP contribution in [0, 0.1) is 23.0 Å². The Morgan fingerprint density at radius 1 is 1.08 bits per heavy atom. The maximum atomic E-state index is 13.9. The number of benzene rings is 2. The van der Waals surface area contributed by atoms with Crippen molar-refractivity contribution >= 4 is 5.57 Å². The van der Waals surface area contributed by atoms with Gasteiger partial charge in [-0.3, -0.25) is 4.90 Å². The molecule has 2 nitrogen and oxygen atoms in total. The molecule has 0 spiro atoms. The van der Waals surface area contributed by atoms with Gasteiger partial charge in [0.15, 0.2) is 0 Å². The number of hydrogen-bond acceptors (Lipinski definition) is 2. The topological polar surface area (TPSA) is 27.0 Å². The predicted molar refractivity (Wildman–Crippen MR) is 92.5 cm³/mol. The monoisotopic (exact) mass is 336 g/mol. The summed E-state index contributed by atoms with van der Waals surface area (Å²) >= 11 is 0. The van der Waals surface area contributed by atoms with Crippen LogP contribution >= 0.6 is 0 Å². The minimum atomic E-state index is -0.780. The van der Waals surface area contributed by atoms with Gasteiger partial charge in [0, 0.05) is 18.6 Å². The second-order valence-electron chi connectivity index (χ2n) is 6.78. The van der Waals surface area contributed by atoms with Crippen molar-refractivity contribution in [3.8, 4) is 6.07 Å². The van der Waals surface area contributed by atoms with Crippen molar-refractivity contribution in [3.05, 3.63) is 76.9 Å². The zero-order chi connectivity index (χ0) is 17.4. The summed E-state index contributed by atoms with van der Waals surface area (Å²) in [5.74, 6) is -1.56. The first kappa shape index (κ1) is 16.0. The van der Waals surface area contributed by atoms with Crippen molar-refractivity contribution in [2.45, 2.75) is 37.9 Å². The highest BCUT2D eigenvalue weighted by molar-refractivity contribution is 5.69. The second kappa shape index (κ2) is 6.42. The Hall–Kier alpha value is -2.51. The van der Waals surface area contributed by atoms with Crippen LogP contribution in [-0.2, 0) is 6.54 Å². The Morgan fingerprint density at radius 2 is 1.80 bits per heavy atom. The molecule has 0 aliphatic carbocycles. The maximum absolute atomic E-state index is 13.9. The van der Waals surface area contributed by atoms with Gasteiger partial charge >= 0.3 is 0 Å². The summed E-state index contributed by atoms with van der Waals surface area (Å²) in [7, 11) is 0. The van der Waals surface area contributed by atoms with Gasteiger partial charge in [0.2, 0.25) is 0 Å². The van der Waals surface area contributed by atoms with Crippen molar-refractivity contribution in [3.63, 3.8) is 0 Å². The summed E-state index contributed by atoms with van der Waals surface area (Å²) in [6.45, 7) is 0.899. The Morgan fingerprint density at radius 3 is 2.44 bits per heavy atom. The van der Waals surface area contributed by atoms with E-state index in [4.69, 9.17) is 5.26 Å². The van der Waals surface area contributed by atoms with E-state index in [2.05, 4.69) is 23.1 Å². The SMILES string of the molecule is N#Cc1c(F)cc(C2=CC3CCC(C2)N3Cc2ccccc2)cc1F. The maximum Gasteiger partial charge on any atom is 0.144 e. The third kappa shape index (κ3) is 2.96. The molecule has 2 heterocycles. The minimum absolute atomic E-state index is 0.302. The van der Waals surface area contributed by atoms with E-state index >= 15 is 0 Å². The Kier molecular flexibility index (Phi) is 4.10. The molecule has 0 radical (unpaired) electrons. The van der Waals surface area contributed by atoms with Crippen LogP contribution in [0.25, 0.3) is 5.57 Å². The van der Waals surface area contributed by atoms with Crippen LogP contribution in [0.1, 0.15) is 36.0 Å². The van der Waals surface area contributed by atoms with Crippen LogP contribution in [-0.4, -0.2) is 17.0 Å². The van der Waals surface area contributed by atoms with Gasteiger partial charge in [0.05, 0.1) is 0 Å². The molecule has 126 valence electrons. The van der Waals surface area contributed by atoms with Crippen LogP contribution in [0.4, 0.5) is 8.78 Å². The largest absolute Gasteiger partial charge is 0.289 e. The van der Waals surface area contributed by atoms with Crippen molar-refractivity contribution in [2.24, 2.45) is 0 Å². The number of hydrogen-bond donors (Lipinski definition) is 0. The molecule has 0 N–H and O–H groups in total. The van der Waals surface area contributed by atoms with E-state index in [-0.39, 0.29) is 0 Å². The van der Waals surface area contributed by atoms with Gasteiger partial charge in [-0.15, -0.1) is 0 Å². The number of rotatable bonds is 3. The van der Waals surface area contributed by atoms with Gasteiger partial charge in [-0.05, 0) is 48.1 Å². The lowest BCUT2D eigenvalue weighted by Crippen LogP contribution is -2.37. The standard InChI is InChI=1S/C21H18F2N2/c22-20-10-16(11-21(23)19(20)12-24)15-8-17-6-7-18(9-15)25(17)13-14-4-2-1-3-5-14/h1-5,8,10-11,17-18H,6-7,9,13H2. The molecule has 2 aromatic carbocycles. The molecule has 2 atom stereocenters. The molecule has 0 aromatic heterocycles. The number of nitriles is 1. The van der Waals surface area contributed by atoms with Gasteiger partial charge in [-0.2, -0.15) is 5.26 Å². The zero-order valence-corrected chi connectivity index (χ0v) is 13.8. The molecular weight excluding hydrogens is 318 g/mol. The molecule has 1 saturated heterocycles. The molecule has 0 saturated carbocycles. The first-order valence-electron chi connectivity index (χ1n) is 8.55. The quantitative estimate of drug-likeness (QED) is 0.815. The number of nitrogens with zero attached hydrogens (tertiary/aromatic N) is 2. The van der Waals surface area contributed by atoms with E-state index in [1.54, 1.807) is 6.07 Å². The van der Waals surface area contributed by atoms with Crippen LogP contribution in [0.5, 0.6) is 0 Å². The van der Waals surface area contributed by atoms with Crippen LogP contribution < -0.4 is 0 Å². The molecule has 2 aliphatic rings. The predicted octanol–water partition coefficient (Wildman–Crippen LogP) is 4.66. The normalized spacial score (nSPS) is 22.5. The van der Waals surface area contributed by atoms with Gasteiger partial charge in [-0.1, -0.05) is 36.4 Å².